The normalized spacial score (nSPS) is 21.4. The Morgan fingerprint density at radius 3 is 2.22 bits per heavy atom. The summed E-state index contributed by atoms with van der Waals surface area (Å²) in [7, 11) is 0. The van der Waals surface area contributed by atoms with Gasteiger partial charge in [0.1, 0.15) is 17.5 Å². The van der Waals surface area contributed by atoms with Crippen LogP contribution in [0.5, 0.6) is 0 Å². The molecule has 0 saturated heterocycles. The molecule has 2 aromatic carbocycles. The minimum Gasteiger partial charge on any atom is -0.393 e. The number of benzene rings is 2. The Kier molecular flexibility index (Phi) is 5.96. The highest BCUT2D eigenvalue weighted by molar-refractivity contribution is 5.64. The van der Waals surface area contributed by atoms with Crippen LogP contribution >= 0.6 is 0 Å². The van der Waals surface area contributed by atoms with Crippen LogP contribution < -0.4 is 0 Å². The van der Waals surface area contributed by atoms with Crippen LogP contribution in [0, 0.1) is 11.8 Å². The standard InChI is InChI=1S/C27H30N2O3/c1-26(2,31)25-28-14-15-29(25)24(18-30)13-6-19-4-7-20(8-5-19)21-9-11-22(12-10-21)23-16-27(3,32)17-23/h4-5,7-12,14-15,23-24,30-32H,16-18H2,1-3H3/t23?,24-,27?/m0/s1. The lowest BCUT2D eigenvalue weighted by Gasteiger charge is -2.41. The van der Waals surface area contributed by atoms with Crippen LogP contribution in [-0.4, -0.2) is 37.1 Å². The molecule has 3 N–H and O–H groups in total. The van der Waals surface area contributed by atoms with Gasteiger partial charge < -0.3 is 19.9 Å². The smallest absolute Gasteiger partial charge is 0.141 e. The van der Waals surface area contributed by atoms with E-state index in [1.54, 1.807) is 30.8 Å². The lowest BCUT2D eigenvalue weighted by Crippen LogP contribution is -2.39. The summed E-state index contributed by atoms with van der Waals surface area (Å²) in [6.07, 6.45) is 4.97. The number of aliphatic hydroxyl groups is 3. The van der Waals surface area contributed by atoms with Gasteiger partial charge in [0.25, 0.3) is 0 Å². The highest BCUT2D eigenvalue weighted by atomic mass is 16.3. The van der Waals surface area contributed by atoms with Gasteiger partial charge >= 0.3 is 0 Å². The zero-order valence-electron chi connectivity index (χ0n) is 18.8. The van der Waals surface area contributed by atoms with Gasteiger partial charge in [0.2, 0.25) is 0 Å². The summed E-state index contributed by atoms with van der Waals surface area (Å²) in [4.78, 5) is 4.21. The Hall–Kier alpha value is -2.91. The van der Waals surface area contributed by atoms with E-state index in [4.69, 9.17) is 0 Å². The Morgan fingerprint density at radius 1 is 1.09 bits per heavy atom. The van der Waals surface area contributed by atoms with Crippen LogP contribution in [0.15, 0.2) is 60.9 Å². The van der Waals surface area contributed by atoms with Gasteiger partial charge in [-0.3, -0.25) is 0 Å². The molecule has 4 rings (SSSR count). The van der Waals surface area contributed by atoms with E-state index < -0.39 is 17.2 Å². The molecule has 1 saturated carbocycles. The van der Waals surface area contributed by atoms with Crippen molar-refractivity contribution < 1.29 is 15.3 Å². The van der Waals surface area contributed by atoms with Gasteiger partial charge in [-0.15, -0.1) is 0 Å². The molecule has 0 bridgehead atoms. The molecule has 0 amide bonds. The number of imidazole rings is 1. The van der Waals surface area contributed by atoms with Crippen molar-refractivity contribution in [3.63, 3.8) is 0 Å². The molecule has 5 heteroatoms. The molecule has 1 atom stereocenters. The molecule has 1 heterocycles. The zero-order chi connectivity index (χ0) is 22.9. The van der Waals surface area contributed by atoms with Crippen molar-refractivity contribution in [3.8, 4) is 23.0 Å². The second-order valence-corrected chi connectivity index (χ2v) is 9.49. The maximum Gasteiger partial charge on any atom is 0.141 e. The Labute approximate surface area is 189 Å². The molecule has 0 unspecified atom stereocenters. The van der Waals surface area contributed by atoms with Crippen molar-refractivity contribution in [2.45, 2.75) is 56.8 Å². The maximum absolute atomic E-state index is 10.3. The van der Waals surface area contributed by atoms with Gasteiger partial charge in [-0.2, -0.15) is 0 Å². The Morgan fingerprint density at radius 2 is 1.69 bits per heavy atom. The molecule has 1 aliphatic carbocycles. The Bertz CT molecular complexity index is 1120. The molecule has 1 fully saturated rings. The number of aromatic nitrogens is 2. The third-order valence-electron chi connectivity index (χ3n) is 6.08. The van der Waals surface area contributed by atoms with Gasteiger partial charge in [0.05, 0.1) is 12.2 Å². The lowest BCUT2D eigenvalue weighted by molar-refractivity contribution is -0.0313. The van der Waals surface area contributed by atoms with Crippen LogP contribution in [0.1, 0.15) is 62.5 Å². The average molecular weight is 431 g/mol. The monoisotopic (exact) mass is 430 g/mol. The summed E-state index contributed by atoms with van der Waals surface area (Å²) in [6, 6.07) is 16.1. The number of nitrogens with zero attached hydrogens (tertiary/aromatic N) is 2. The second kappa shape index (κ2) is 8.55. The molecule has 0 spiro atoms. The third kappa shape index (κ3) is 4.78. The second-order valence-electron chi connectivity index (χ2n) is 9.49. The highest BCUT2D eigenvalue weighted by Gasteiger charge is 2.38. The van der Waals surface area contributed by atoms with Crippen LogP contribution in [-0.2, 0) is 5.60 Å². The number of aliphatic hydroxyl groups excluding tert-OH is 1. The first-order valence-corrected chi connectivity index (χ1v) is 11.0. The predicted octanol–water partition coefficient (Wildman–Crippen LogP) is 3.99. The van der Waals surface area contributed by atoms with Gasteiger partial charge in [0, 0.05) is 18.0 Å². The van der Waals surface area contributed by atoms with Gasteiger partial charge in [0.15, 0.2) is 0 Å². The van der Waals surface area contributed by atoms with E-state index in [9.17, 15) is 15.3 Å². The molecule has 0 radical (unpaired) electrons. The number of hydrogen-bond donors (Lipinski definition) is 3. The maximum atomic E-state index is 10.3. The van der Waals surface area contributed by atoms with E-state index in [1.807, 2.05) is 31.2 Å². The predicted molar refractivity (Wildman–Crippen MR) is 125 cm³/mol. The first-order valence-electron chi connectivity index (χ1n) is 11.0. The van der Waals surface area contributed by atoms with Crippen molar-refractivity contribution in [2.24, 2.45) is 0 Å². The zero-order valence-corrected chi connectivity index (χ0v) is 18.8. The molecule has 1 aromatic heterocycles. The van der Waals surface area contributed by atoms with Crippen LogP contribution in [0.25, 0.3) is 11.1 Å². The summed E-state index contributed by atoms with van der Waals surface area (Å²) < 4.78 is 1.71. The van der Waals surface area contributed by atoms with Gasteiger partial charge in [-0.1, -0.05) is 48.2 Å². The molecule has 3 aromatic rings. The molecular formula is C27H30N2O3. The summed E-state index contributed by atoms with van der Waals surface area (Å²) in [5.74, 6) is 7.13. The quantitative estimate of drug-likeness (QED) is 0.535. The molecule has 32 heavy (non-hydrogen) atoms. The molecule has 1 aliphatic rings. The first-order chi connectivity index (χ1) is 15.2. The molecule has 0 aliphatic heterocycles. The minimum atomic E-state index is -1.12. The summed E-state index contributed by atoms with van der Waals surface area (Å²) >= 11 is 0. The van der Waals surface area contributed by atoms with Crippen molar-refractivity contribution in [2.75, 3.05) is 6.61 Å². The summed E-state index contributed by atoms with van der Waals surface area (Å²) in [6.45, 7) is 5.05. The number of rotatable bonds is 5. The molecule has 5 nitrogen and oxygen atoms in total. The van der Waals surface area contributed by atoms with E-state index in [0.717, 1.165) is 29.5 Å². The lowest BCUT2D eigenvalue weighted by atomic mass is 9.69. The van der Waals surface area contributed by atoms with E-state index >= 15 is 0 Å². The van der Waals surface area contributed by atoms with Crippen molar-refractivity contribution in [1.29, 1.82) is 0 Å². The van der Waals surface area contributed by atoms with Crippen LogP contribution in [0.3, 0.4) is 0 Å². The summed E-state index contributed by atoms with van der Waals surface area (Å²) in [5, 5.41) is 30.1. The van der Waals surface area contributed by atoms with Crippen LogP contribution in [0.2, 0.25) is 0 Å². The SMILES string of the molecule is CC1(O)CC(c2ccc(-c3ccc(C#C[C@@H](CO)n4ccnc4C(C)(C)O)cc3)cc2)C1. The molecular weight excluding hydrogens is 400 g/mol. The average Bonchev–Trinajstić information content (AvgIpc) is 3.23. The largest absolute Gasteiger partial charge is 0.393 e. The van der Waals surface area contributed by atoms with Crippen molar-refractivity contribution in [1.82, 2.24) is 9.55 Å². The first kappa shape index (κ1) is 22.3. The topological polar surface area (TPSA) is 78.5 Å². The highest BCUT2D eigenvalue weighted by Crippen LogP contribution is 2.44. The fraction of sp³-hybridized carbons (Fsp3) is 0.370. The van der Waals surface area contributed by atoms with Gasteiger partial charge in [-0.25, -0.2) is 4.98 Å². The fourth-order valence-electron chi connectivity index (χ4n) is 4.34. The van der Waals surface area contributed by atoms with E-state index in [1.165, 1.54) is 5.56 Å². The van der Waals surface area contributed by atoms with E-state index in [-0.39, 0.29) is 6.61 Å². The fourth-order valence-corrected chi connectivity index (χ4v) is 4.34. The van der Waals surface area contributed by atoms with E-state index in [2.05, 4.69) is 41.1 Å². The minimum absolute atomic E-state index is 0.173. The van der Waals surface area contributed by atoms with Crippen LogP contribution in [0.4, 0.5) is 0 Å². The summed E-state index contributed by atoms with van der Waals surface area (Å²) in [5.41, 5.74) is 2.75. The van der Waals surface area contributed by atoms with Crippen molar-refractivity contribution >= 4 is 0 Å². The van der Waals surface area contributed by atoms with Gasteiger partial charge in [-0.05, 0) is 68.4 Å². The number of hydrogen-bond acceptors (Lipinski definition) is 4. The molecule has 166 valence electrons. The Balaban J connectivity index is 1.47. The third-order valence-corrected chi connectivity index (χ3v) is 6.08. The van der Waals surface area contributed by atoms with Crippen molar-refractivity contribution in [3.05, 3.63) is 77.9 Å². The van der Waals surface area contributed by atoms with E-state index in [0.29, 0.717) is 11.7 Å².